The number of nitrogens with zero attached hydrogens (tertiary/aromatic N) is 2. The maximum Gasteiger partial charge on any atom is 0.230 e. The molecule has 5 nitrogen and oxygen atoms in total. The van der Waals surface area contributed by atoms with E-state index < -0.39 is 0 Å². The Balaban J connectivity index is 2.15. The first-order valence-corrected chi connectivity index (χ1v) is 5.36. The normalized spacial score (nSPS) is 9.94. The minimum Gasteiger partial charge on any atom is -0.478 e. The van der Waals surface area contributed by atoms with Gasteiger partial charge in [0.1, 0.15) is 0 Å². The van der Waals surface area contributed by atoms with Crippen LogP contribution in [0.3, 0.4) is 0 Å². The Morgan fingerprint density at radius 2 is 2.24 bits per heavy atom. The van der Waals surface area contributed by atoms with Gasteiger partial charge in [-0.1, -0.05) is 6.07 Å². The first kappa shape index (κ1) is 11.2. The molecule has 2 aromatic rings. The second-order valence-electron chi connectivity index (χ2n) is 3.40. The molecular weight excluding hydrogens is 216 g/mol. The molecule has 0 radical (unpaired) electrons. The van der Waals surface area contributed by atoms with Crippen LogP contribution in [0.4, 0.5) is 17.3 Å². The molecule has 0 bridgehead atoms. The van der Waals surface area contributed by atoms with Crippen LogP contribution in [-0.4, -0.2) is 16.6 Å². The van der Waals surface area contributed by atoms with E-state index in [0.29, 0.717) is 24.1 Å². The van der Waals surface area contributed by atoms with E-state index >= 15 is 0 Å². The summed E-state index contributed by atoms with van der Waals surface area (Å²) in [4.78, 5) is 8.31. The molecule has 17 heavy (non-hydrogen) atoms. The van der Waals surface area contributed by atoms with Crippen molar-refractivity contribution in [2.75, 3.05) is 17.7 Å². The van der Waals surface area contributed by atoms with Crippen LogP contribution < -0.4 is 15.8 Å². The highest BCUT2D eigenvalue weighted by molar-refractivity contribution is 5.59. The Morgan fingerprint density at radius 1 is 1.35 bits per heavy atom. The zero-order valence-electron chi connectivity index (χ0n) is 9.55. The Labute approximate surface area is 99.7 Å². The number of rotatable bonds is 4. The summed E-state index contributed by atoms with van der Waals surface area (Å²) in [6.45, 7) is 2.49. The van der Waals surface area contributed by atoms with Crippen molar-refractivity contribution in [2.45, 2.75) is 6.92 Å². The molecule has 1 aromatic carbocycles. The lowest BCUT2D eigenvalue weighted by atomic mass is 10.3. The van der Waals surface area contributed by atoms with E-state index in [1.165, 1.54) is 0 Å². The fourth-order valence-corrected chi connectivity index (χ4v) is 1.38. The summed E-state index contributed by atoms with van der Waals surface area (Å²) in [5.41, 5.74) is 7.22. The summed E-state index contributed by atoms with van der Waals surface area (Å²) >= 11 is 0. The van der Waals surface area contributed by atoms with Crippen molar-refractivity contribution < 1.29 is 4.74 Å². The summed E-state index contributed by atoms with van der Waals surface area (Å²) in [6, 6.07) is 9.12. The van der Waals surface area contributed by atoms with Gasteiger partial charge in [-0.3, -0.25) is 0 Å². The van der Waals surface area contributed by atoms with Crippen LogP contribution in [-0.2, 0) is 0 Å². The fraction of sp³-hybridized carbons (Fsp3) is 0.167. The quantitative estimate of drug-likeness (QED) is 0.788. The van der Waals surface area contributed by atoms with Crippen molar-refractivity contribution in [3.8, 4) is 5.88 Å². The van der Waals surface area contributed by atoms with Crippen molar-refractivity contribution in [1.82, 2.24) is 9.97 Å². The van der Waals surface area contributed by atoms with Gasteiger partial charge in [0.15, 0.2) is 0 Å². The van der Waals surface area contributed by atoms with Crippen LogP contribution in [0.1, 0.15) is 6.92 Å². The van der Waals surface area contributed by atoms with E-state index in [9.17, 15) is 0 Å². The molecular formula is C12H14N4O. The van der Waals surface area contributed by atoms with Crippen LogP contribution in [0.25, 0.3) is 0 Å². The first-order chi connectivity index (χ1) is 8.28. The molecule has 0 aliphatic rings. The molecule has 1 aromatic heterocycles. The Hall–Kier alpha value is -2.30. The summed E-state index contributed by atoms with van der Waals surface area (Å²) in [5, 5.41) is 3.06. The number of benzene rings is 1. The molecule has 0 spiro atoms. The fourth-order valence-electron chi connectivity index (χ4n) is 1.38. The Kier molecular flexibility index (Phi) is 3.40. The summed E-state index contributed by atoms with van der Waals surface area (Å²) in [5.74, 6) is 1.04. The van der Waals surface area contributed by atoms with Crippen LogP contribution in [0.2, 0.25) is 0 Å². The maximum atomic E-state index is 5.68. The predicted molar refractivity (Wildman–Crippen MR) is 67.3 cm³/mol. The Bertz CT molecular complexity index is 501. The second-order valence-corrected chi connectivity index (χ2v) is 3.40. The average molecular weight is 230 g/mol. The first-order valence-electron chi connectivity index (χ1n) is 5.36. The molecule has 0 fully saturated rings. The van der Waals surface area contributed by atoms with E-state index in [1.807, 2.05) is 31.2 Å². The lowest BCUT2D eigenvalue weighted by molar-refractivity contribution is 0.327. The van der Waals surface area contributed by atoms with E-state index in [4.69, 9.17) is 10.5 Å². The van der Waals surface area contributed by atoms with Gasteiger partial charge in [-0.25, -0.2) is 4.98 Å². The van der Waals surface area contributed by atoms with Crippen molar-refractivity contribution in [3.05, 3.63) is 36.5 Å². The molecule has 0 aliphatic heterocycles. The molecule has 0 amide bonds. The molecule has 0 aliphatic carbocycles. The topological polar surface area (TPSA) is 73.1 Å². The standard InChI is InChI=1S/C12H14N4O/c1-2-17-11-6-7-14-12(16-11)15-10-5-3-4-9(13)8-10/h3-8H,2,13H2,1H3,(H,14,15,16). The smallest absolute Gasteiger partial charge is 0.230 e. The number of hydrogen-bond acceptors (Lipinski definition) is 5. The molecule has 0 saturated carbocycles. The van der Waals surface area contributed by atoms with Crippen LogP contribution in [0, 0.1) is 0 Å². The molecule has 0 atom stereocenters. The number of nitrogen functional groups attached to an aromatic ring is 1. The van der Waals surface area contributed by atoms with Gasteiger partial charge in [0, 0.05) is 23.6 Å². The highest BCUT2D eigenvalue weighted by Crippen LogP contribution is 2.17. The zero-order chi connectivity index (χ0) is 12.1. The predicted octanol–water partition coefficient (Wildman–Crippen LogP) is 2.20. The number of ether oxygens (including phenoxy) is 1. The molecule has 1 heterocycles. The molecule has 5 heteroatoms. The highest BCUT2D eigenvalue weighted by atomic mass is 16.5. The summed E-state index contributed by atoms with van der Waals surface area (Å²) < 4.78 is 5.29. The van der Waals surface area contributed by atoms with E-state index in [1.54, 1.807) is 12.3 Å². The third-order valence-electron chi connectivity index (χ3n) is 2.07. The summed E-state index contributed by atoms with van der Waals surface area (Å²) in [7, 11) is 0. The largest absolute Gasteiger partial charge is 0.478 e. The minimum absolute atomic E-state index is 0.488. The average Bonchev–Trinajstić information content (AvgIpc) is 2.30. The van der Waals surface area contributed by atoms with Crippen molar-refractivity contribution in [1.29, 1.82) is 0 Å². The van der Waals surface area contributed by atoms with Gasteiger partial charge < -0.3 is 15.8 Å². The van der Waals surface area contributed by atoms with Gasteiger partial charge in [-0.05, 0) is 25.1 Å². The number of nitrogens with two attached hydrogens (primary N) is 1. The lowest BCUT2D eigenvalue weighted by Gasteiger charge is -2.07. The summed E-state index contributed by atoms with van der Waals surface area (Å²) in [6.07, 6.45) is 1.65. The number of anilines is 3. The van der Waals surface area contributed by atoms with Gasteiger partial charge in [0.05, 0.1) is 6.61 Å². The zero-order valence-corrected chi connectivity index (χ0v) is 9.55. The molecule has 88 valence electrons. The SMILES string of the molecule is CCOc1ccnc(Nc2cccc(N)c2)n1. The molecule has 3 N–H and O–H groups in total. The Morgan fingerprint density at radius 3 is 3.00 bits per heavy atom. The molecule has 2 rings (SSSR count). The van der Waals surface area contributed by atoms with Crippen LogP contribution >= 0.6 is 0 Å². The molecule has 0 unspecified atom stereocenters. The van der Waals surface area contributed by atoms with Crippen LogP contribution in [0.15, 0.2) is 36.5 Å². The highest BCUT2D eigenvalue weighted by Gasteiger charge is 2.00. The van der Waals surface area contributed by atoms with E-state index in [0.717, 1.165) is 5.69 Å². The van der Waals surface area contributed by atoms with E-state index in [2.05, 4.69) is 15.3 Å². The number of nitrogens with one attached hydrogen (secondary N) is 1. The minimum atomic E-state index is 0.488. The third-order valence-corrected chi connectivity index (χ3v) is 2.07. The second kappa shape index (κ2) is 5.16. The van der Waals surface area contributed by atoms with Crippen LogP contribution in [0.5, 0.6) is 5.88 Å². The maximum absolute atomic E-state index is 5.68. The van der Waals surface area contributed by atoms with Gasteiger partial charge in [0.25, 0.3) is 0 Å². The van der Waals surface area contributed by atoms with Crippen molar-refractivity contribution >= 4 is 17.3 Å². The van der Waals surface area contributed by atoms with Gasteiger partial charge in [0.2, 0.25) is 11.8 Å². The third kappa shape index (κ3) is 3.07. The van der Waals surface area contributed by atoms with Crippen molar-refractivity contribution in [2.24, 2.45) is 0 Å². The number of hydrogen-bond donors (Lipinski definition) is 2. The number of aromatic nitrogens is 2. The lowest BCUT2D eigenvalue weighted by Crippen LogP contribution is -2.00. The van der Waals surface area contributed by atoms with Crippen molar-refractivity contribution in [3.63, 3.8) is 0 Å². The van der Waals surface area contributed by atoms with Gasteiger partial charge in [-0.15, -0.1) is 0 Å². The van der Waals surface area contributed by atoms with Gasteiger partial charge >= 0.3 is 0 Å². The molecule has 0 saturated heterocycles. The van der Waals surface area contributed by atoms with E-state index in [-0.39, 0.29) is 0 Å². The van der Waals surface area contributed by atoms with Gasteiger partial charge in [-0.2, -0.15) is 4.98 Å². The monoisotopic (exact) mass is 230 g/mol.